The third-order valence-electron chi connectivity index (χ3n) is 1.74. The Labute approximate surface area is 102 Å². The van der Waals surface area contributed by atoms with E-state index in [0.29, 0.717) is 0 Å². The van der Waals surface area contributed by atoms with Gasteiger partial charge in [0.2, 0.25) is 0 Å². The summed E-state index contributed by atoms with van der Waals surface area (Å²) in [5.41, 5.74) is 0.761. The lowest BCUT2D eigenvalue weighted by molar-refractivity contribution is 1.51. The molecule has 0 unspecified atom stereocenters. The van der Waals surface area contributed by atoms with Gasteiger partial charge in [-0.1, -0.05) is 0 Å². The normalized spacial score (nSPS) is 10.2. The first kappa shape index (κ1) is 9.44. The van der Waals surface area contributed by atoms with Gasteiger partial charge in [0.15, 0.2) is 0 Å². The molecule has 1 aromatic heterocycles. The summed E-state index contributed by atoms with van der Waals surface area (Å²) in [5.74, 6) is 0. The lowest BCUT2D eigenvalue weighted by atomic mass is 10.2. The van der Waals surface area contributed by atoms with E-state index in [1.165, 1.54) is 8.27 Å². The molecule has 2 aromatic rings. The van der Waals surface area contributed by atoms with E-state index >= 15 is 0 Å². The molecule has 0 N–H and O–H groups in total. The summed E-state index contributed by atoms with van der Waals surface area (Å²) in [6.07, 6.45) is 0. The molecule has 0 saturated heterocycles. The van der Waals surface area contributed by atoms with Crippen LogP contribution in [0.2, 0.25) is 0 Å². The molecule has 0 fully saturated rings. The second-order valence-electron chi connectivity index (χ2n) is 2.52. The van der Waals surface area contributed by atoms with E-state index in [0.717, 1.165) is 15.4 Å². The van der Waals surface area contributed by atoms with Crippen molar-refractivity contribution in [3.05, 3.63) is 31.1 Å². The molecule has 4 heteroatoms. The highest BCUT2D eigenvalue weighted by Crippen LogP contribution is 2.31. The van der Waals surface area contributed by atoms with Gasteiger partial charge in [-0.15, -0.1) is 11.3 Å². The summed E-state index contributed by atoms with van der Waals surface area (Å²) in [6.45, 7) is 0. The van der Waals surface area contributed by atoms with Gasteiger partial charge in [0, 0.05) is 23.5 Å². The fraction of sp³-hybridized carbons (Fsp3) is 0. The monoisotopic (exact) mass is 363 g/mol. The van der Waals surface area contributed by atoms with Gasteiger partial charge in [0.25, 0.3) is 0 Å². The summed E-state index contributed by atoms with van der Waals surface area (Å²) >= 11 is 7.34. The zero-order valence-corrected chi connectivity index (χ0v) is 10.9. The Morgan fingerprint density at radius 1 is 1.46 bits per heavy atom. The Balaban J connectivity index is 2.86. The first-order valence-electron chi connectivity index (χ1n) is 3.48. The molecule has 1 nitrogen and oxygen atoms in total. The second kappa shape index (κ2) is 3.56. The van der Waals surface area contributed by atoms with E-state index in [1.54, 1.807) is 11.3 Å². The van der Waals surface area contributed by atoms with Crippen molar-refractivity contribution in [2.24, 2.45) is 0 Å². The number of hydrogen-bond donors (Lipinski definition) is 0. The number of benzene rings is 1. The minimum Gasteiger partial charge on any atom is -0.192 e. The fourth-order valence-electron chi connectivity index (χ4n) is 1.11. The Morgan fingerprint density at radius 2 is 2.23 bits per heavy atom. The zero-order valence-electron chi connectivity index (χ0n) is 6.34. The maximum absolute atomic E-state index is 8.82. The van der Waals surface area contributed by atoms with Crippen LogP contribution in [0.5, 0.6) is 0 Å². The van der Waals surface area contributed by atoms with E-state index in [4.69, 9.17) is 5.26 Å². The average molecular weight is 364 g/mol. The minimum atomic E-state index is 0.761. The molecule has 0 saturated carbocycles. The standard InChI is InChI=1S/C9H3BrINS/c10-7-1-6-5(3-12)4-13-9(6)2-8(7)11/h1-2,4H. The lowest BCUT2D eigenvalue weighted by Gasteiger charge is -1.95. The molecule has 0 amide bonds. The summed E-state index contributed by atoms with van der Waals surface area (Å²) in [7, 11) is 0. The first-order chi connectivity index (χ1) is 6.22. The molecule has 1 aromatic carbocycles. The van der Waals surface area contributed by atoms with Crippen LogP contribution in [0.25, 0.3) is 10.1 Å². The summed E-state index contributed by atoms with van der Waals surface area (Å²) in [6, 6.07) is 6.28. The van der Waals surface area contributed by atoms with Gasteiger partial charge in [-0.2, -0.15) is 5.26 Å². The van der Waals surface area contributed by atoms with Crippen molar-refractivity contribution in [1.29, 1.82) is 5.26 Å². The van der Waals surface area contributed by atoms with E-state index < -0.39 is 0 Å². The first-order valence-corrected chi connectivity index (χ1v) is 6.24. The molecule has 2 rings (SSSR count). The predicted molar refractivity (Wildman–Crippen MR) is 67.0 cm³/mol. The molecule has 0 aliphatic carbocycles. The molecule has 0 aliphatic rings. The highest BCUT2D eigenvalue weighted by molar-refractivity contribution is 14.1. The maximum atomic E-state index is 8.82. The molecular formula is C9H3BrINS. The third-order valence-corrected chi connectivity index (χ3v) is 4.97. The highest BCUT2D eigenvalue weighted by Gasteiger charge is 2.06. The fourth-order valence-corrected chi connectivity index (χ4v) is 3.04. The molecule has 64 valence electrons. The van der Waals surface area contributed by atoms with Gasteiger partial charge in [0.05, 0.1) is 5.56 Å². The van der Waals surface area contributed by atoms with Crippen molar-refractivity contribution in [3.8, 4) is 6.07 Å². The quantitative estimate of drug-likeness (QED) is 0.645. The lowest BCUT2D eigenvalue weighted by Crippen LogP contribution is -1.75. The van der Waals surface area contributed by atoms with Gasteiger partial charge in [-0.25, -0.2) is 0 Å². The zero-order chi connectivity index (χ0) is 9.42. The van der Waals surface area contributed by atoms with Gasteiger partial charge >= 0.3 is 0 Å². The van der Waals surface area contributed by atoms with Crippen LogP contribution in [-0.4, -0.2) is 0 Å². The molecule has 0 bridgehead atoms. The van der Waals surface area contributed by atoms with E-state index in [2.05, 4.69) is 50.7 Å². The predicted octanol–water partition coefficient (Wildman–Crippen LogP) is 4.14. The average Bonchev–Trinajstić information content (AvgIpc) is 2.48. The molecule has 13 heavy (non-hydrogen) atoms. The summed E-state index contributed by atoms with van der Waals surface area (Å²) < 4.78 is 3.40. The van der Waals surface area contributed by atoms with E-state index in [1.807, 2.05) is 11.4 Å². The highest BCUT2D eigenvalue weighted by atomic mass is 127. The number of halogens is 2. The van der Waals surface area contributed by atoms with Crippen LogP contribution in [-0.2, 0) is 0 Å². The van der Waals surface area contributed by atoms with Crippen molar-refractivity contribution in [1.82, 2.24) is 0 Å². The van der Waals surface area contributed by atoms with Crippen LogP contribution in [0.4, 0.5) is 0 Å². The number of rotatable bonds is 0. The van der Waals surface area contributed by atoms with Crippen molar-refractivity contribution < 1.29 is 0 Å². The van der Waals surface area contributed by atoms with E-state index in [9.17, 15) is 0 Å². The van der Waals surface area contributed by atoms with Crippen LogP contribution >= 0.6 is 49.9 Å². The smallest absolute Gasteiger partial charge is 0.101 e. The second-order valence-corrected chi connectivity index (χ2v) is 5.45. The van der Waals surface area contributed by atoms with Crippen molar-refractivity contribution in [2.75, 3.05) is 0 Å². The topological polar surface area (TPSA) is 23.8 Å². The number of thiophene rings is 1. The molecule has 0 aliphatic heterocycles. The Bertz CT molecular complexity index is 512. The Hall–Kier alpha value is -0.120. The van der Waals surface area contributed by atoms with Crippen molar-refractivity contribution in [2.45, 2.75) is 0 Å². The summed E-state index contributed by atoms with van der Waals surface area (Å²) in [5, 5.41) is 11.8. The minimum absolute atomic E-state index is 0.761. The summed E-state index contributed by atoms with van der Waals surface area (Å²) in [4.78, 5) is 0. The third kappa shape index (κ3) is 1.60. The number of fused-ring (bicyclic) bond motifs is 1. The molecule has 0 atom stereocenters. The molecule has 0 radical (unpaired) electrons. The van der Waals surface area contributed by atoms with Crippen molar-refractivity contribution in [3.63, 3.8) is 0 Å². The molecule has 0 spiro atoms. The number of nitrogens with zero attached hydrogens (tertiary/aromatic N) is 1. The van der Waals surface area contributed by atoms with Crippen LogP contribution in [0.15, 0.2) is 22.0 Å². The van der Waals surface area contributed by atoms with Crippen LogP contribution in [0.1, 0.15) is 5.56 Å². The van der Waals surface area contributed by atoms with Gasteiger partial charge in [0.1, 0.15) is 6.07 Å². The maximum Gasteiger partial charge on any atom is 0.101 e. The number of hydrogen-bond acceptors (Lipinski definition) is 2. The number of nitriles is 1. The Morgan fingerprint density at radius 3 is 2.92 bits per heavy atom. The van der Waals surface area contributed by atoms with Crippen molar-refractivity contribution >= 4 is 59.9 Å². The molecular weight excluding hydrogens is 361 g/mol. The van der Waals surface area contributed by atoms with Crippen LogP contribution in [0.3, 0.4) is 0 Å². The van der Waals surface area contributed by atoms with Gasteiger partial charge in [-0.3, -0.25) is 0 Å². The SMILES string of the molecule is N#Cc1csc2cc(I)c(Br)cc12. The Kier molecular flexibility index (Phi) is 2.58. The molecule has 1 heterocycles. The van der Waals surface area contributed by atoms with Crippen LogP contribution in [0, 0.1) is 14.9 Å². The van der Waals surface area contributed by atoms with Gasteiger partial charge in [-0.05, 0) is 50.7 Å². The largest absolute Gasteiger partial charge is 0.192 e. The van der Waals surface area contributed by atoms with Crippen LogP contribution < -0.4 is 0 Å². The van der Waals surface area contributed by atoms with Gasteiger partial charge < -0.3 is 0 Å². The van der Waals surface area contributed by atoms with E-state index in [-0.39, 0.29) is 0 Å².